The van der Waals surface area contributed by atoms with Gasteiger partial charge < -0.3 is 10.6 Å². The van der Waals surface area contributed by atoms with Gasteiger partial charge in [0.15, 0.2) is 5.54 Å². The van der Waals surface area contributed by atoms with E-state index in [1.54, 1.807) is 12.1 Å². The van der Waals surface area contributed by atoms with Gasteiger partial charge in [0.05, 0.1) is 0 Å². The van der Waals surface area contributed by atoms with Gasteiger partial charge in [0, 0.05) is 13.6 Å². The number of nitrogens with zero attached hydrogens (tertiary/aromatic N) is 1. The molecule has 0 aliphatic carbocycles. The molecule has 1 unspecified atom stereocenters. The molecule has 1 amide bonds. The van der Waals surface area contributed by atoms with Gasteiger partial charge in [-0.1, -0.05) is 38.1 Å². The Bertz CT molecular complexity index is 493. The van der Waals surface area contributed by atoms with Crippen molar-refractivity contribution in [2.75, 3.05) is 7.05 Å². The Morgan fingerprint density at radius 3 is 2.10 bits per heavy atom. The number of hydrogen-bond donors (Lipinski definition) is 1. The summed E-state index contributed by atoms with van der Waals surface area (Å²) in [6, 6.07) is 7.43. The molecule has 0 radical (unpaired) electrons. The second-order valence-corrected chi connectivity index (χ2v) is 5.76. The van der Waals surface area contributed by atoms with Crippen molar-refractivity contribution in [3.8, 4) is 0 Å². The van der Waals surface area contributed by atoms with Crippen LogP contribution in [0.15, 0.2) is 24.3 Å². The number of carbonyl (C=O) groups excluding carboxylic acids is 1. The summed E-state index contributed by atoms with van der Waals surface area (Å²) < 4.78 is 38.3. The second kappa shape index (κ2) is 6.05. The molecule has 1 aromatic carbocycles. The SMILES string of the molecule is CC(C)c1ccc(CN(C)C(=O)C(C)(N)C(F)(F)F)cc1. The monoisotopic (exact) mass is 302 g/mol. The van der Waals surface area contributed by atoms with E-state index in [1.165, 1.54) is 7.05 Å². The van der Waals surface area contributed by atoms with Crippen molar-refractivity contribution in [1.29, 1.82) is 0 Å². The Labute approximate surface area is 122 Å². The van der Waals surface area contributed by atoms with Crippen molar-refractivity contribution in [3.63, 3.8) is 0 Å². The minimum Gasteiger partial charge on any atom is -0.340 e. The van der Waals surface area contributed by atoms with Crippen LogP contribution in [0.2, 0.25) is 0 Å². The van der Waals surface area contributed by atoms with E-state index in [4.69, 9.17) is 5.73 Å². The number of amides is 1. The number of alkyl halides is 3. The Morgan fingerprint density at radius 2 is 1.71 bits per heavy atom. The van der Waals surface area contributed by atoms with Crippen LogP contribution in [0.4, 0.5) is 13.2 Å². The first-order chi connectivity index (χ1) is 9.46. The summed E-state index contributed by atoms with van der Waals surface area (Å²) in [6.07, 6.45) is -4.78. The predicted molar refractivity (Wildman–Crippen MR) is 75.7 cm³/mol. The largest absolute Gasteiger partial charge is 0.415 e. The molecular formula is C15H21F3N2O. The molecule has 2 N–H and O–H groups in total. The number of likely N-dealkylation sites (N-methyl/N-ethyl adjacent to an activating group) is 1. The Hall–Kier alpha value is -1.56. The quantitative estimate of drug-likeness (QED) is 0.929. The van der Waals surface area contributed by atoms with Crippen molar-refractivity contribution < 1.29 is 18.0 Å². The van der Waals surface area contributed by atoms with E-state index in [0.29, 0.717) is 12.8 Å². The molecular weight excluding hydrogens is 281 g/mol. The Balaban J connectivity index is 2.81. The van der Waals surface area contributed by atoms with Crippen LogP contribution >= 0.6 is 0 Å². The fourth-order valence-electron chi connectivity index (χ4n) is 1.87. The van der Waals surface area contributed by atoms with Gasteiger partial charge in [-0.3, -0.25) is 4.79 Å². The molecule has 0 aliphatic heterocycles. The minimum absolute atomic E-state index is 0.0834. The van der Waals surface area contributed by atoms with Crippen LogP contribution in [0.25, 0.3) is 0 Å². The molecule has 0 aromatic heterocycles. The highest BCUT2D eigenvalue weighted by Crippen LogP contribution is 2.29. The molecule has 1 atom stereocenters. The highest BCUT2D eigenvalue weighted by molar-refractivity contribution is 5.86. The lowest BCUT2D eigenvalue weighted by Crippen LogP contribution is -2.61. The first kappa shape index (κ1) is 17.5. The predicted octanol–water partition coefficient (Wildman–Crippen LogP) is 3.05. The number of benzene rings is 1. The van der Waals surface area contributed by atoms with Crippen LogP contribution in [-0.2, 0) is 11.3 Å². The fourth-order valence-corrected chi connectivity index (χ4v) is 1.87. The second-order valence-electron chi connectivity index (χ2n) is 5.76. The van der Waals surface area contributed by atoms with Gasteiger partial charge in [0.2, 0.25) is 0 Å². The maximum Gasteiger partial charge on any atom is 0.415 e. The average molecular weight is 302 g/mol. The molecule has 0 aliphatic rings. The first-order valence-corrected chi connectivity index (χ1v) is 6.67. The molecule has 1 rings (SSSR count). The fraction of sp³-hybridized carbons (Fsp3) is 0.533. The Kier molecular flexibility index (Phi) is 5.04. The standard InChI is InChI=1S/C15H21F3N2O/c1-10(2)12-7-5-11(6-8-12)9-20(4)13(21)14(3,19)15(16,17)18/h5-8,10H,9,19H2,1-4H3. The third-order valence-electron chi connectivity index (χ3n) is 3.45. The average Bonchev–Trinajstić information content (AvgIpc) is 2.36. The number of hydrogen-bond acceptors (Lipinski definition) is 2. The number of carbonyl (C=O) groups is 1. The van der Waals surface area contributed by atoms with E-state index in [1.807, 2.05) is 26.0 Å². The molecule has 118 valence electrons. The molecule has 3 nitrogen and oxygen atoms in total. The van der Waals surface area contributed by atoms with Gasteiger partial charge in [0.1, 0.15) is 0 Å². The lowest BCUT2D eigenvalue weighted by atomic mass is 10.00. The molecule has 0 saturated heterocycles. The molecule has 1 aromatic rings. The maximum atomic E-state index is 12.8. The van der Waals surface area contributed by atoms with Gasteiger partial charge in [-0.2, -0.15) is 13.2 Å². The minimum atomic E-state index is -4.78. The summed E-state index contributed by atoms with van der Waals surface area (Å²) in [6.45, 7) is 4.87. The Morgan fingerprint density at radius 1 is 1.24 bits per heavy atom. The van der Waals surface area contributed by atoms with Crippen molar-refractivity contribution >= 4 is 5.91 Å². The molecule has 0 saturated carbocycles. The number of nitrogens with two attached hydrogens (primary N) is 1. The topological polar surface area (TPSA) is 46.3 Å². The van der Waals surface area contributed by atoms with E-state index in [9.17, 15) is 18.0 Å². The van der Waals surface area contributed by atoms with Crippen LogP contribution in [0.5, 0.6) is 0 Å². The summed E-state index contributed by atoms with van der Waals surface area (Å²) in [7, 11) is 1.32. The van der Waals surface area contributed by atoms with Gasteiger partial charge in [-0.05, 0) is 24.0 Å². The van der Waals surface area contributed by atoms with E-state index >= 15 is 0 Å². The molecule has 0 bridgehead atoms. The highest BCUT2D eigenvalue weighted by atomic mass is 19.4. The van der Waals surface area contributed by atoms with Crippen LogP contribution in [0, 0.1) is 0 Å². The first-order valence-electron chi connectivity index (χ1n) is 6.67. The molecule has 6 heteroatoms. The van der Waals surface area contributed by atoms with Crippen molar-refractivity contribution in [2.45, 2.75) is 44.9 Å². The van der Waals surface area contributed by atoms with Crippen LogP contribution < -0.4 is 5.73 Å². The molecule has 0 heterocycles. The van der Waals surface area contributed by atoms with Gasteiger partial charge in [0.25, 0.3) is 5.91 Å². The third kappa shape index (κ3) is 3.97. The van der Waals surface area contributed by atoms with E-state index in [-0.39, 0.29) is 6.54 Å². The van der Waals surface area contributed by atoms with E-state index in [2.05, 4.69) is 0 Å². The lowest BCUT2D eigenvalue weighted by molar-refractivity contribution is -0.193. The van der Waals surface area contributed by atoms with Crippen molar-refractivity contribution in [2.24, 2.45) is 5.73 Å². The van der Waals surface area contributed by atoms with Gasteiger partial charge in [-0.15, -0.1) is 0 Å². The van der Waals surface area contributed by atoms with Crippen molar-refractivity contribution in [1.82, 2.24) is 4.90 Å². The zero-order valence-electron chi connectivity index (χ0n) is 12.7. The molecule has 0 fully saturated rings. The number of rotatable bonds is 4. The zero-order chi connectivity index (χ0) is 16.4. The van der Waals surface area contributed by atoms with Gasteiger partial charge >= 0.3 is 6.18 Å². The van der Waals surface area contributed by atoms with Crippen LogP contribution in [0.3, 0.4) is 0 Å². The van der Waals surface area contributed by atoms with Crippen molar-refractivity contribution in [3.05, 3.63) is 35.4 Å². The summed E-state index contributed by atoms with van der Waals surface area (Å²) in [5, 5.41) is 0. The van der Waals surface area contributed by atoms with Gasteiger partial charge in [-0.25, -0.2) is 0 Å². The normalized spacial score (nSPS) is 14.9. The lowest BCUT2D eigenvalue weighted by Gasteiger charge is -2.31. The highest BCUT2D eigenvalue weighted by Gasteiger charge is 2.54. The maximum absolute atomic E-state index is 12.8. The number of halogens is 3. The van der Waals surface area contributed by atoms with E-state index in [0.717, 1.165) is 16.0 Å². The van der Waals surface area contributed by atoms with Crippen LogP contribution in [0.1, 0.15) is 37.8 Å². The van der Waals surface area contributed by atoms with Crippen LogP contribution in [-0.4, -0.2) is 29.6 Å². The molecule has 0 spiro atoms. The van der Waals surface area contributed by atoms with E-state index < -0.39 is 17.6 Å². The zero-order valence-corrected chi connectivity index (χ0v) is 12.7. The summed E-state index contributed by atoms with van der Waals surface area (Å²) in [5.41, 5.74) is 4.15. The summed E-state index contributed by atoms with van der Waals surface area (Å²) >= 11 is 0. The third-order valence-corrected chi connectivity index (χ3v) is 3.45. The molecule has 21 heavy (non-hydrogen) atoms. The summed E-state index contributed by atoms with van der Waals surface area (Å²) in [4.78, 5) is 12.9. The smallest absolute Gasteiger partial charge is 0.340 e. The summed E-state index contributed by atoms with van der Waals surface area (Å²) in [5.74, 6) is -0.779.